The van der Waals surface area contributed by atoms with Gasteiger partial charge in [-0.3, -0.25) is 0 Å². The minimum absolute atomic E-state index is 0.958. The standard InChI is InChI=1S/C11H13BrIN/c12-10-3-4-11(13)9(5-10)7-14-6-8-1-2-8/h3-5,8,14H,1-2,6-7H2. The highest BCUT2D eigenvalue weighted by Crippen LogP contribution is 2.27. The van der Waals surface area contributed by atoms with E-state index in [9.17, 15) is 0 Å². The van der Waals surface area contributed by atoms with Gasteiger partial charge in [-0.2, -0.15) is 0 Å². The lowest BCUT2D eigenvalue weighted by atomic mass is 10.2. The van der Waals surface area contributed by atoms with E-state index >= 15 is 0 Å². The molecule has 1 aliphatic rings. The van der Waals surface area contributed by atoms with Crippen LogP contribution in [0.5, 0.6) is 0 Å². The van der Waals surface area contributed by atoms with Crippen LogP contribution in [-0.4, -0.2) is 6.54 Å². The molecule has 14 heavy (non-hydrogen) atoms. The summed E-state index contributed by atoms with van der Waals surface area (Å²) in [7, 11) is 0. The zero-order valence-electron chi connectivity index (χ0n) is 7.89. The van der Waals surface area contributed by atoms with Gasteiger partial charge in [-0.1, -0.05) is 15.9 Å². The average molecular weight is 366 g/mol. The first-order chi connectivity index (χ1) is 6.75. The molecule has 76 valence electrons. The van der Waals surface area contributed by atoms with E-state index in [0.717, 1.165) is 12.5 Å². The van der Waals surface area contributed by atoms with Crippen LogP contribution < -0.4 is 5.32 Å². The van der Waals surface area contributed by atoms with Crippen molar-refractivity contribution in [1.82, 2.24) is 5.32 Å². The van der Waals surface area contributed by atoms with Crippen LogP contribution in [0.1, 0.15) is 18.4 Å². The van der Waals surface area contributed by atoms with Crippen LogP contribution in [0.15, 0.2) is 22.7 Å². The van der Waals surface area contributed by atoms with E-state index < -0.39 is 0 Å². The molecule has 3 heteroatoms. The van der Waals surface area contributed by atoms with Crippen molar-refractivity contribution in [3.8, 4) is 0 Å². The number of rotatable bonds is 4. The van der Waals surface area contributed by atoms with Gasteiger partial charge in [-0.15, -0.1) is 0 Å². The van der Waals surface area contributed by atoms with Gasteiger partial charge < -0.3 is 5.32 Å². The number of benzene rings is 1. The Morgan fingerprint density at radius 2 is 2.21 bits per heavy atom. The Hall–Kier alpha value is 0.390. The monoisotopic (exact) mass is 365 g/mol. The van der Waals surface area contributed by atoms with Crippen molar-refractivity contribution in [2.45, 2.75) is 19.4 Å². The van der Waals surface area contributed by atoms with Gasteiger partial charge in [-0.05, 0) is 71.7 Å². The molecule has 2 rings (SSSR count). The summed E-state index contributed by atoms with van der Waals surface area (Å²) in [4.78, 5) is 0. The number of hydrogen-bond acceptors (Lipinski definition) is 1. The Morgan fingerprint density at radius 1 is 1.43 bits per heavy atom. The third-order valence-electron chi connectivity index (χ3n) is 2.45. The first-order valence-electron chi connectivity index (χ1n) is 4.90. The molecule has 1 fully saturated rings. The predicted molar refractivity (Wildman–Crippen MR) is 71.3 cm³/mol. The maximum atomic E-state index is 3.51. The highest BCUT2D eigenvalue weighted by Gasteiger charge is 2.20. The Balaban J connectivity index is 1.89. The molecule has 1 aromatic carbocycles. The van der Waals surface area contributed by atoms with Crippen molar-refractivity contribution in [3.63, 3.8) is 0 Å². The number of halogens is 2. The summed E-state index contributed by atoms with van der Waals surface area (Å²) < 4.78 is 2.51. The highest BCUT2D eigenvalue weighted by atomic mass is 127. The zero-order chi connectivity index (χ0) is 9.97. The maximum Gasteiger partial charge on any atom is 0.0216 e. The minimum atomic E-state index is 0.958. The smallest absolute Gasteiger partial charge is 0.0216 e. The Morgan fingerprint density at radius 3 is 2.93 bits per heavy atom. The lowest BCUT2D eigenvalue weighted by molar-refractivity contribution is 0.637. The first kappa shape index (κ1) is 10.9. The van der Waals surface area contributed by atoms with Crippen molar-refractivity contribution in [1.29, 1.82) is 0 Å². The molecule has 1 aliphatic carbocycles. The second-order valence-electron chi connectivity index (χ2n) is 3.81. The normalized spacial score (nSPS) is 15.9. The summed E-state index contributed by atoms with van der Waals surface area (Å²) in [5, 5.41) is 3.51. The fraction of sp³-hybridized carbons (Fsp3) is 0.455. The summed E-state index contributed by atoms with van der Waals surface area (Å²) in [6, 6.07) is 6.44. The third-order valence-corrected chi connectivity index (χ3v) is 4.00. The van der Waals surface area contributed by atoms with Crippen LogP contribution in [-0.2, 0) is 6.54 Å². The fourth-order valence-corrected chi connectivity index (χ4v) is 2.35. The predicted octanol–water partition coefficient (Wildman–Crippen LogP) is 3.55. The summed E-state index contributed by atoms with van der Waals surface area (Å²) in [5.41, 5.74) is 1.39. The van der Waals surface area contributed by atoms with E-state index in [1.54, 1.807) is 0 Å². The second kappa shape index (κ2) is 4.94. The largest absolute Gasteiger partial charge is 0.312 e. The molecule has 0 aliphatic heterocycles. The fourth-order valence-electron chi connectivity index (χ4n) is 1.41. The molecular weight excluding hydrogens is 353 g/mol. The minimum Gasteiger partial charge on any atom is -0.312 e. The van der Waals surface area contributed by atoms with Crippen molar-refractivity contribution in [2.75, 3.05) is 6.54 Å². The van der Waals surface area contributed by atoms with E-state index in [1.165, 1.54) is 33.0 Å². The quantitative estimate of drug-likeness (QED) is 0.804. The lowest BCUT2D eigenvalue weighted by Gasteiger charge is -2.06. The summed E-state index contributed by atoms with van der Waals surface area (Å²) in [6.45, 7) is 2.18. The van der Waals surface area contributed by atoms with E-state index in [1.807, 2.05) is 0 Å². The van der Waals surface area contributed by atoms with Gasteiger partial charge in [0.2, 0.25) is 0 Å². The topological polar surface area (TPSA) is 12.0 Å². The van der Waals surface area contributed by atoms with Crippen LogP contribution in [0.25, 0.3) is 0 Å². The molecule has 1 nitrogen and oxygen atoms in total. The zero-order valence-corrected chi connectivity index (χ0v) is 11.6. The van der Waals surface area contributed by atoms with Crippen molar-refractivity contribution < 1.29 is 0 Å². The van der Waals surface area contributed by atoms with E-state index in [0.29, 0.717) is 0 Å². The van der Waals surface area contributed by atoms with E-state index in [-0.39, 0.29) is 0 Å². The van der Waals surface area contributed by atoms with Crippen molar-refractivity contribution in [2.24, 2.45) is 5.92 Å². The van der Waals surface area contributed by atoms with E-state index in [2.05, 4.69) is 62.0 Å². The third kappa shape index (κ3) is 3.21. The van der Waals surface area contributed by atoms with Gasteiger partial charge >= 0.3 is 0 Å². The van der Waals surface area contributed by atoms with Crippen molar-refractivity contribution in [3.05, 3.63) is 31.8 Å². The Bertz CT molecular complexity index is 323. The first-order valence-corrected chi connectivity index (χ1v) is 6.77. The summed E-state index contributed by atoms with van der Waals surface area (Å²) in [6.07, 6.45) is 2.84. The molecule has 1 saturated carbocycles. The van der Waals surface area contributed by atoms with Gasteiger partial charge in [-0.25, -0.2) is 0 Å². The van der Waals surface area contributed by atoms with Crippen LogP contribution in [0.3, 0.4) is 0 Å². The second-order valence-corrected chi connectivity index (χ2v) is 5.89. The van der Waals surface area contributed by atoms with Crippen LogP contribution in [0.2, 0.25) is 0 Å². The molecule has 0 radical (unpaired) electrons. The molecular formula is C11H13BrIN. The van der Waals surface area contributed by atoms with Gasteiger partial charge in [0, 0.05) is 14.6 Å². The Kier molecular flexibility index (Phi) is 3.85. The molecule has 0 spiro atoms. The number of hydrogen-bond donors (Lipinski definition) is 1. The molecule has 0 atom stereocenters. The molecule has 0 unspecified atom stereocenters. The Labute approximate surface area is 107 Å². The van der Waals surface area contributed by atoms with Gasteiger partial charge in [0.15, 0.2) is 0 Å². The van der Waals surface area contributed by atoms with Gasteiger partial charge in [0.1, 0.15) is 0 Å². The molecule has 1 N–H and O–H groups in total. The summed E-state index contributed by atoms with van der Waals surface area (Å²) in [5.74, 6) is 0.958. The lowest BCUT2D eigenvalue weighted by Crippen LogP contribution is -2.16. The molecule has 0 aromatic heterocycles. The molecule has 0 amide bonds. The molecule has 0 saturated heterocycles. The van der Waals surface area contributed by atoms with Gasteiger partial charge in [0.05, 0.1) is 0 Å². The maximum absolute atomic E-state index is 3.51. The summed E-state index contributed by atoms with van der Waals surface area (Å²) >= 11 is 5.89. The van der Waals surface area contributed by atoms with E-state index in [4.69, 9.17) is 0 Å². The molecule has 0 bridgehead atoms. The van der Waals surface area contributed by atoms with Crippen LogP contribution >= 0.6 is 38.5 Å². The highest BCUT2D eigenvalue weighted by molar-refractivity contribution is 14.1. The van der Waals surface area contributed by atoms with Crippen LogP contribution in [0, 0.1) is 9.49 Å². The van der Waals surface area contributed by atoms with Crippen LogP contribution in [0.4, 0.5) is 0 Å². The average Bonchev–Trinajstić information content (AvgIpc) is 2.95. The van der Waals surface area contributed by atoms with Crippen molar-refractivity contribution >= 4 is 38.5 Å². The van der Waals surface area contributed by atoms with Gasteiger partial charge in [0.25, 0.3) is 0 Å². The number of nitrogens with one attached hydrogen (secondary N) is 1. The molecule has 1 aromatic rings. The molecule has 0 heterocycles. The SMILES string of the molecule is Brc1ccc(I)c(CNCC2CC2)c1.